The third kappa shape index (κ3) is 6.12. The fourth-order valence-corrected chi connectivity index (χ4v) is 4.67. The van der Waals surface area contributed by atoms with Gasteiger partial charge in [0.15, 0.2) is 16.1 Å². The third-order valence-corrected chi connectivity index (χ3v) is 6.68. The predicted octanol–water partition coefficient (Wildman–Crippen LogP) is 5.46. The smallest absolute Gasteiger partial charge is 0.236 e. The molecule has 0 unspecified atom stereocenters. The van der Waals surface area contributed by atoms with Crippen molar-refractivity contribution in [3.05, 3.63) is 84.0 Å². The Morgan fingerprint density at radius 3 is 2.71 bits per heavy atom. The number of carbonyl (C=O) groups excluding carboxylic acids is 1. The van der Waals surface area contributed by atoms with Gasteiger partial charge in [0.25, 0.3) is 0 Å². The van der Waals surface area contributed by atoms with E-state index in [1.54, 1.807) is 6.08 Å². The molecule has 0 fully saturated rings. The summed E-state index contributed by atoms with van der Waals surface area (Å²) in [6.07, 6.45) is 2.76. The van der Waals surface area contributed by atoms with Gasteiger partial charge in [-0.1, -0.05) is 67.2 Å². The summed E-state index contributed by atoms with van der Waals surface area (Å²) in [6, 6.07) is 17.9. The molecular formula is C25H25N5O2S2. The number of anilines is 1. The normalized spacial score (nSPS) is 10.7. The van der Waals surface area contributed by atoms with Crippen LogP contribution in [0.4, 0.5) is 5.13 Å². The summed E-state index contributed by atoms with van der Waals surface area (Å²) in [4.78, 5) is 17.0. The van der Waals surface area contributed by atoms with Gasteiger partial charge in [-0.3, -0.25) is 9.36 Å². The van der Waals surface area contributed by atoms with Gasteiger partial charge < -0.3 is 10.1 Å². The fourth-order valence-electron chi connectivity index (χ4n) is 3.17. The Morgan fingerprint density at radius 2 is 1.97 bits per heavy atom. The maximum Gasteiger partial charge on any atom is 0.236 e. The van der Waals surface area contributed by atoms with E-state index < -0.39 is 0 Å². The number of benzene rings is 2. The highest BCUT2D eigenvalue weighted by Gasteiger charge is 2.15. The molecule has 2 aromatic heterocycles. The summed E-state index contributed by atoms with van der Waals surface area (Å²) in [5, 5.41) is 14.5. The Balaban J connectivity index is 1.34. The van der Waals surface area contributed by atoms with Crippen molar-refractivity contribution < 1.29 is 9.53 Å². The molecule has 9 heteroatoms. The molecule has 4 aromatic rings. The van der Waals surface area contributed by atoms with Crippen LogP contribution in [-0.4, -0.2) is 31.4 Å². The van der Waals surface area contributed by atoms with E-state index in [4.69, 9.17) is 4.74 Å². The van der Waals surface area contributed by atoms with Gasteiger partial charge in [0.05, 0.1) is 11.4 Å². The molecule has 0 atom stereocenters. The van der Waals surface area contributed by atoms with Crippen LogP contribution in [0, 0.1) is 0 Å². The summed E-state index contributed by atoms with van der Waals surface area (Å²) in [6.45, 7) is 6.74. The van der Waals surface area contributed by atoms with Crippen LogP contribution >= 0.6 is 23.1 Å². The standard InChI is InChI=1S/C25H25N5O2S2/c1-3-14-30-22(15-32-20-12-10-18(4-2)11-13-20)28-29-25(30)34-17-23(31)27-24-26-21(16-33-24)19-8-6-5-7-9-19/h3,5-13,16H,1,4,14-15,17H2,2H3,(H,26,27,31). The fraction of sp³-hybridized carbons (Fsp3) is 0.200. The number of ether oxygens (including phenoxy) is 1. The average Bonchev–Trinajstić information content (AvgIpc) is 3.49. The van der Waals surface area contributed by atoms with Crippen molar-refractivity contribution in [1.29, 1.82) is 0 Å². The van der Waals surface area contributed by atoms with Gasteiger partial charge in [0.1, 0.15) is 12.4 Å². The summed E-state index contributed by atoms with van der Waals surface area (Å²) in [7, 11) is 0. The third-order valence-electron chi connectivity index (χ3n) is 4.96. The van der Waals surface area contributed by atoms with Crippen molar-refractivity contribution in [1.82, 2.24) is 19.7 Å². The number of amides is 1. The molecule has 0 radical (unpaired) electrons. The molecule has 0 bridgehead atoms. The van der Waals surface area contributed by atoms with Crippen LogP contribution in [0.1, 0.15) is 18.3 Å². The van der Waals surface area contributed by atoms with E-state index in [1.807, 2.05) is 52.4 Å². The molecule has 1 amide bonds. The number of thiazole rings is 1. The van der Waals surface area contributed by atoms with Crippen LogP contribution in [0.5, 0.6) is 5.75 Å². The Labute approximate surface area is 206 Å². The van der Waals surface area contributed by atoms with Gasteiger partial charge in [-0.05, 0) is 24.1 Å². The minimum Gasteiger partial charge on any atom is -0.486 e. The number of nitrogens with zero attached hydrogens (tertiary/aromatic N) is 4. The number of nitrogens with one attached hydrogen (secondary N) is 1. The van der Waals surface area contributed by atoms with E-state index >= 15 is 0 Å². The van der Waals surface area contributed by atoms with Crippen molar-refractivity contribution in [3.8, 4) is 17.0 Å². The van der Waals surface area contributed by atoms with Crippen molar-refractivity contribution in [2.75, 3.05) is 11.1 Å². The second-order valence-electron chi connectivity index (χ2n) is 7.33. The number of allylic oxidation sites excluding steroid dienone is 1. The first-order valence-electron chi connectivity index (χ1n) is 10.8. The molecule has 4 rings (SSSR count). The molecule has 0 saturated heterocycles. The summed E-state index contributed by atoms with van der Waals surface area (Å²) in [5.41, 5.74) is 3.11. The maximum absolute atomic E-state index is 12.5. The van der Waals surface area contributed by atoms with Gasteiger partial charge in [0.2, 0.25) is 5.91 Å². The monoisotopic (exact) mass is 491 g/mol. The van der Waals surface area contributed by atoms with E-state index in [0.717, 1.165) is 23.4 Å². The van der Waals surface area contributed by atoms with E-state index in [2.05, 4.69) is 46.1 Å². The van der Waals surface area contributed by atoms with E-state index in [9.17, 15) is 4.79 Å². The highest BCUT2D eigenvalue weighted by atomic mass is 32.2. The molecule has 0 spiro atoms. The van der Waals surface area contributed by atoms with E-state index in [0.29, 0.717) is 22.7 Å². The van der Waals surface area contributed by atoms with Crippen LogP contribution in [0.2, 0.25) is 0 Å². The minimum absolute atomic E-state index is 0.152. The van der Waals surface area contributed by atoms with Crippen LogP contribution in [0.3, 0.4) is 0 Å². The Morgan fingerprint density at radius 1 is 1.18 bits per heavy atom. The van der Waals surface area contributed by atoms with Crippen LogP contribution < -0.4 is 10.1 Å². The van der Waals surface area contributed by atoms with Crippen molar-refractivity contribution in [3.63, 3.8) is 0 Å². The Hall–Kier alpha value is -3.43. The quantitative estimate of drug-likeness (QED) is 0.222. The zero-order valence-electron chi connectivity index (χ0n) is 18.8. The molecular weight excluding hydrogens is 466 g/mol. The first-order valence-corrected chi connectivity index (χ1v) is 12.7. The number of rotatable bonds is 11. The van der Waals surface area contributed by atoms with Gasteiger partial charge in [-0.15, -0.1) is 28.1 Å². The number of thioether (sulfide) groups is 1. The predicted molar refractivity (Wildman–Crippen MR) is 137 cm³/mol. The summed E-state index contributed by atoms with van der Waals surface area (Å²) < 4.78 is 7.79. The Kier molecular flexibility index (Phi) is 8.11. The lowest BCUT2D eigenvalue weighted by molar-refractivity contribution is -0.113. The molecule has 7 nitrogen and oxygen atoms in total. The van der Waals surface area contributed by atoms with Gasteiger partial charge in [-0.2, -0.15) is 0 Å². The highest BCUT2D eigenvalue weighted by molar-refractivity contribution is 7.99. The molecule has 0 saturated carbocycles. The second-order valence-corrected chi connectivity index (χ2v) is 9.13. The summed E-state index contributed by atoms with van der Waals surface area (Å²) in [5.74, 6) is 1.49. The van der Waals surface area contributed by atoms with Crippen LogP contribution in [-0.2, 0) is 24.4 Å². The van der Waals surface area contributed by atoms with Crippen molar-refractivity contribution in [2.24, 2.45) is 0 Å². The number of hydrogen-bond donors (Lipinski definition) is 1. The molecule has 0 aliphatic rings. The number of carbonyl (C=O) groups is 1. The SMILES string of the molecule is C=CCn1c(COc2ccc(CC)cc2)nnc1SCC(=O)Nc1nc(-c2ccccc2)cs1. The summed E-state index contributed by atoms with van der Waals surface area (Å²) >= 11 is 2.72. The number of aryl methyl sites for hydroxylation is 1. The van der Waals surface area contributed by atoms with Crippen LogP contribution in [0.15, 0.2) is 77.8 Å². The van der Waals surface area contributed by atoms with Crippen LogP contribution in [0.25, 0.3) is 11.3 Å². The zero-order valence-corrected chi connectivity index (χ0v) is 20.4. The molecule has 1 N–H and O–H groups in total. The van der Waals surface area contributed by atoms with Gasteiger partial charge >= 0.3 is 0 Å². The first kappa shape index (κ1) is 23.7. The number of aromatic nitrogens is 4. The second kappa shape index (κ2) is 11.6. The van der Waals surface area contributed by atoms with Gasteiger partial charge in [-0.25, -0.2) is 4.98 Å². The average molecular weight is 492 g/mol. The van der Waals surface area contributed by atoms with E-state index in [1.165, 1.54) is 28.7 Å². The molecule has 0 aliphatic carbocycles. The van der Waals surface area contributed by atoms with E-state index in [-0.39, 0.29) is 18.3 Å². The van der Waals surface area contributed by atoms with Crippen molar-refractivity contribution >= 4 is 34.1 Å². The van der Waals surface area contributed by atoms with Crippen molar-refractivity contribution in [2.45, 2.75) is 31.7 Å². The zero-order chi connectivity index (χ0) is 23.8. The molecule has 34 heavy (non-hydrogen) atoms. The number of hydrogen-bond acceptors (Lipinski definition) is 7. The lowest BCUT2D eigenvalue weighted by Crippen LogP contribution is -2.15. The topological polar surface area (TPSA) is 81.9 Å². The molecule has 174 valence electrons. The molecule has 2 aromatic carbocycles. The minimum atomic E-state index is -0.152. The maximum atomic E-state index is 12.5. The largest absolute Gasteiger partial charge is 0.486 e. The Bertz CT molecular complexity index is 1240. The first-order chi connectivity index (χ1) is 16.7. The highest BCUT2D eigenvalue weighted by Crippen LogP contribution is 2.25. The molecule has 2 heterocycles. The lowest BCUT2D eigenvalue weighted by Gasteiger charge is -2.09. The molecule has 0 aliphatic heterocycles. The van der Waals surface area contributed by atoms with Gasteiger partial charge in [0, 0.05) is 17.5 Å². The lowest BCUT2D eigenvalue weighted by atomic mass is 10.2.